The molecule has 0 unspecified atom stereocenters. The van der Waals surface area contributed by atoms with Gasteiger partial charge in [-0.2, -0.15) is 0 Å². The average molecular weight is 459 g/mol. The van der Waals surface area contributed by atoms with Crippen LogP contribution in [0.1, 0.15) is 43.7 Å². The van der Waals surface area contributed by atoms with Crippen molar-refractivity contribution in [3.05, 3.63) is 106 Å². The lowest BCUT2D eigenvalue weighted by atomic mass is 10.1. The fourth-order valence-electron chi connectivity index (χ4n) is 3.09. The normalized spacial score (nSPS) is 11.4. The predicted molar refractivity (Wildman–Crippen MR) is 127 cm³/mol. The van der Waals surface area contributed by atoms with Crippen LogP contribution in [-0.2, 0) is 6.61 Å². The molecule has 0 spiro atoms. The fourth-order valence-corrected chi connectivity index (χ4v) is 3.74. The summed E-state index contributed by atoms with van der Waals surface area (Å²) in [6, 6.07) is 25.7. The summed E-state index contributed by atoms with van der Waals surface area (Å²) in [5, 5.41) is 14.5. The van der Waals surface area contributed by atoms with Crippen LogP contribution >= 0.6 is 11.3 Å². The number of ether oxygens (including phenoxy) is 1. The molecule has 4 rings (SSSR count). The average Bonchev–Trinajstić information content (AvgIpc) is 3.33. The van der Waals surface area contributed by atoms with Gasteiger partial charge in [-0.05, 0) is 42.8 Å². The molecule has 0 saturated carbocycles. The summed E-state index contributed by atoms with van der Waals surface area (Å²) >= 11 is 1.16. The lowest BCUT2D eigenvalue weighted by molar-refractivity contribution is 0.0938. The Morgan fingerprint density at radius 2 is 1.64 bits per heavy atom. The minimum Gasteiger partial charge on any atom is -0.486 e. The molecular formula is C25H22N4O3S. The first-order chi connectivity index (χ1) is 16.1. The van der Waals surface area contributed by atoms with Crippen LogP contribution in [0.4, 0.5) is 5.69 Å². The molecule has 0 radical (unpaired) electrons. The maximum atomic E-state index is 12.7. The molecule has 0 bridgehead atoms. The molecule has 33 heavy (non-hydrogen) atoms. The summed E-state index contributed by atoms with van der Waals surface area (Å²) in [6.07, 6.45) is 0. The zero-order chi connectivity index (χ0) is 23.0. The van der Waals surface area contributed by atoms with Gasteiger partial charge in [0, 0.05) is 11.3 Å². The Bertz CT molecular complexity index is 1230. The van der Waals surface area contributed by atoms with Gasteiger partial charge in [-0.25, -0.2) is 0 Å². The van der Waals surface area contributed by atoms with E-state index in [2.05, 4.69) is 20.8 Å². The Balaban J connectivity index is 1.35. The Kier molecular flexibility index (Phi) is 7.06. The molecule has 2 N–H and O–H groups in total. The van der Waals surface area contributed by atoms with Crippen LogP contribution < -0.4 is 15.4 Å². The number of anilines is 1. The van der Waals surface area contributed by atoms with E-state index in [4.69, 9.17) is 4.74 Å². The highest BCUT2D eigenvalue weighted by Gasteiger charge is 2.15. The molecule has 166 valence electrons. The number of hydrogen-bond acceptors (Lipinski definition) is 6. The molecule has 0 saturated heterocycles. The molecule has 4 aromatic rings. The molecule has 1 aromatic heterocycles. The van der Waals surface area contributed by atoms with Crippen LogP contribution in [0.5, 0.6) is 5.75 Å². The zero-order valence-corrected chi connectivity index (χ0v) is 18.7. The molecule has 1 atom stereocenters. The number of carbonyl (C=O) groups excluding carboxylic acids is 2. The minimum atomic E-state index is -0.395. The molecule has 0 aliphatic carbocycles. The van der Waals surface area contributed by atoms with Gasteiger partial charge in [-0.1, -0.05) is 65.9 Å². The van der Waals surface area contributed by atoms with E-state index in [1.54, 1.807) is 24.3 Å². The summed E-state index contributed by atoms with van der Waals surface area (Å²) in [7, 11) is 0. The van der Waals surface area contributed by atoms with Crippen molar-refractivity contribution >= 4 is 28.8 Å². The van der Waals surface area contributed by atoms with Crippen molar-refractivity contribution in [1.29, 1.82) is 0 Å². The smallest absolute Gasteiger partial charge is 0.286 e. The van der Waals surface area contributed by atoms with Crippen molar-refractivity contribution in [2.75, 3.05) is 5.32 Å². The van der Waals surface area contributed by atoms with Gasteiger partial charge in [-0.15, -0.1) is 10.2 Å². The van der Waals surface area contributed by atoms with Crippen molar-refractivity contribution < 1.29 is 14.3 Å². The van der Waals surface area contributed by atoms with Crippen molar-refractivity contribution in [2.45, 2.75) is 19.6 Å². The van der Waals surface area contributed by atoms with Gasteiger partial charge in [0.2, 0.25) is 5.01 Å². The Labute approximate surface area is 195 Å². The lowest BCUT2D eigenvalue weighted by Gasteiger charge is -2.14. The van der Waals surface area contributed by atoms with Crippen LogP contribution in [0.2, 0.25) is 0 Å². The Hall–Kier alpha value is -4.04. The van der Waals surface area contributed by atoms with Crippen molar-refractivity contribution in [1.82, 2.24) is 15.5 Å². The summed E-state index contributed by atoms with van der Waals surface area (Å²) in [4.78, 5) is 25.3. The van der Waals surface area contributed by atoms with Gasteiger partial charge in [0.05, 0.1) is 6.04 Å². The van der Waals surface area contributed by atoms with Crippen molar-refractivity contribution in [2.24, 2.45) is 0 Å². The van der Waals surface area contributed by atoms with Crippen molar-refractivity contribution in [3.63, 3.8) is 0 Å². The minimum absolute atomic E-state index is 0.144. The fraction of sp³-hybridized carbons (Fsp3) is 0.120. The number of carbonyl (C=O) groups is 2. The molecule has 2 amide bonds. The van der Waals surface area contributed by atoms with E-state index in [0.717, 1.165) is 22.6 Å². The number of aromatic nitrogens is 2. The third-order valence-electron chi connectivity index (χ3n) is 4.80. The SMILES string of the molecule is C[C@H](NC(=O)c1cccc(NC(=O)c2nnc(COc3ccccc3)s2)c1)c1ccccc1. The van der Waals surface area contributed by atoms with Crippen LogP contribution in [0.15, 0.2) is 84.9 Å². The first kappa shape index (κ1) is 22.2. The van der Waals surface area contributed by atoms with E-state index in [0.29, 0.717) is 16.3 Å². The highest BCUT2D eigenvalue weighted by molar-refractivity contribution is 7.13. The third kappa shape index (κ3) is 6.02. The maximum absolute atomic E-state index is 12.7. The molecule has 1 heterocycles. The second-order valence-corrected chi connectivity index (χ2v) is 8.31. The zero-order valence-electron chi connectivity index (χ0n) is 17.9. The summed E-state index contributed by atoms with van der Waals surface area (Å²) < 4.78 is 5.64. The topological polar surface area (TPSA) is 93.2 Å². The summed E-state index contributed by atoms with van der Waals surface area (Å²) in [6.45, 7) is 2.15. The van der Waals surface area contributed by atoms with Gasteiger partial charge in [0.15, 0.2) is 5.01 Å². The first-order valence-corrected chi connectivity index (χ1v) is 11.2. The first-order valence-electron chi connectivity index (χ1n) is 10.4. The Morgan fingerprint density at radius 1 is 0.909 bits per heavy atom. The number of para-hydroxylation sites is 1. The van der Waals surface area contributed by atoms with E-state index < -0.39 is 5.91 Å². The molecule has 0 aliphatic rings. The van der Waals surface area contributed by atoms with E-state index in [1.165, 1.54) is 0 Å². The standard InChI is InChI=1S/C25H22N4O3S/c1-17(18-9-4-2-5-10-18)26-23(30)19-11-8-12-20(15-19)27-24(31)25-29-28-22(33-25)16-32-21-13-6-3-7-14-21/h2-15,17H,16H2,1H3,(H,26,30)(H,27,31)/t17-/m0/s1. The summed E-state index contributed by atoms with van der Waals surface area (Å²) in [5.74, 6) is 0.0998. The number of hydrogen-bond donors (Lipinski definition) is 2. The van der Waals surface area contributed by atoms with Crippen molar-refractivity contribution in [3.8, 4) is 5.75 Å². The molecule has 7 nitrogen and oxygen atoms in total. The highest BCUT2D eigenvalue weighted by atomic mass is 32.1. The number of nitrogens with zero attached hydrogens (tertiary/aromatic N) is 2. The Morgan fingerprint density at radius 3 is 2.39 bits per heavy atom. The monoisotopic (exact) mass is 458 g/mol. The second-order valence-electron chi connectivity index (χ2n) is 7.24. The van der Waals surface area contributed by atoms with Gasteiger partial charge in [0.25, 0.3) is 11.8 Å². The van der Waals surface area contributed by atoms with Gasteiger partial charge < -0.3 is 15.4 Å². The lowest BCUT2D eigenvalue weighted by Crippen LogP contribution is -2.26. The van der Waals surface area contributed by atoms with E-state index in [9.17, 15) is 9.59 Å². The summed E-state index contributed by atoms with van der Waals surface area (Å²) in [5.41, 5.74) is 1.96. The van der Waals surface area contributed by atoms with E-state index in [-0.39, 0.29) is 23.6 Å². The van der Waals surface area contributed by atoms with Crippen LogP contribution in [-0.4, -0.2) is 22.0 Å². The second kappa shape index (κ2) is 10.5. The van der Waals surface area contributed by atoms with Gasteiger partial charge in [0.1, 0.15) is 12.4 Å². The predicted octanol–water partition coefficient (Wildman–Crippen LogP) is 4.86. The van der Waals surface area contributed by atoms with Gasteiger partial charge >= 0.3 is 0 Å². The van der Waals surface area contributed by atoms with Crippen LogP contribution in [0, 0.1) is 0 Å². The van der Waals surface area contributed by atoms with Gasteiger partial charge in [-0.3, -0.25) is 9.59 Å². The number of benzene rings is 3. The molecule has 3 aromatic carbocycles. The highest BCUT2D eigenvalue weighted by Crippen LogP contribution is 2.18. The maximum Gasteiger partial charge on any atom is 0.286 e. The number of nitrogens with one attached hydrogen (secondary N) is 2. The van der Waals surface area contributed by atoms with E-state index >= 15 is 0 Å². The molecular weight excluding hydrogens is 436 g/mol. The van der Waals surface area contributed by atoms with E-state index in [1.807, 2.05) is 67.6 Å². The van der Waals surface area contributed by atoms with Crippen LogP contribution in [0.25, 0.3) is 0 Å². The quantitative estimate of drug-likeness (QED) is 0.393. The number of rotatable bonds is 8. The van der Waals surface area contributed by atoms with Crippen LogP contribution in [0.3, 0.4) is 0 Å². The molecule has 8 heteroatoms. The third-order valence-corrected chi connectivity index (χ3v) is 5.69. The largest absolute Gasteiger partial charge is 0.486 e. The molecule has 0 fully saturated rings. The molecule has 0 aliphatic heterocycles. The number of amides is 2.